The number of carbonyl (C=O) groups excluding carboxylic acids is 1. The standard InChI is InChI=1S/C12H11Cl2F2NO4/c1-5(11(19)20)10(18)17-4-6-2-7(13)3-8(14)9(6)21-12(15)16/h2-3,5,12H,4H2,1H3,(H,17,18)(H,19,20). The van der Waals surface area contributed by atoms with Crippen LogP contribution in [0.2, 0.25) is 10.0 Å². The zero-order valence-electron chi connectivity index (χ0n) is 10.7. The fourth-order valence-corrected chi connectivity index (χ4v) is 1.99. The SMILES string of the molecule is CC(C(=O)O)C(=O)NCc1cc(Cl)cc(Cl)c1OC(F)F. The Morgan fingerprint density at radius 1 is 1.38 bits per heavy atom. The molecule has 0 fully saturated rings. The number of nitrogens with one attached hydrogen (secondary N) is 1. The summed E-state index contributed by atoms with van der Waals surface area (Å²) in [7, 11) is 0. The lowest BCUT2D eigenvalue weighted by Gasteiger charge is -2.14. The first-order valence-electron chi connectivity index (χ1n) is 5.65. The molecule has 0 aliphatic carbocycles. The van der Waals surface area contributed by atoms with E-state index in [4.69, 9.17) is 28.3 Å². The number of halogens is 4. The minimum absolute atomic E-state index is 0.110. The highest BCUT2D eigenvalue weighted by Crippen LogP contribution is 2.33. The van der Waals surface area contributed by atoms with E-state index < -0.39 is 24.4 Å². The van der Waals surface area contributed by atoms with Crippen molar-refractivity contribution < 1.29 is 28.2 Å². The summed E-state index contributed by atoms with van der Waals surface area (Å²) in [5.74, 6) is -3.68. The maximum Gasteiger partial charge on any atom is 0.387 e. The minimum Gasteiger partial charge on any atom is -0.481 e. The summed E-state index contributed by atoms with van der Waals surface area (Å²) in [5, 5.41) is 11.0. The zero-order valence-corrected chi connectivity index (χ0v) is 12.2. The van der Waals surface area contributed by atoms with E-state index in [0.29, 0.717) is 0 Å². The van der Waals surface area contributed by atoms with Crippen molar-refractivity contribution in [1.82, 2.24) is 5.32 Å². The number of carboxylic acids is 1. The Balaban J connectivity index is 2.91. The Morgan fingerprint density at radius 3 is 2.52 bits per heavy atom. The van der Waals surface area contributed by atoms with Crippen molar-refractivity contribution in [1.29, 1.82) is 0 Å². The van der Waals surface area contributed by atoms with Gasteiger partial charge in [-0.2, -0.15) is 8.78 Å². The van der Waals surface area contributed by atoms with Crippen LogP contribution in [0.25, 0.3) is 0 Å². The molecule has 2 N–H and O–H groups in total. The Bertz CT molecular complexity index is 554. The summed E-state index contributed by atoms with van der Waals surface area (Å²) in [4.78, 5) is 22.2. The molecule has 116 valence electrons. The number of aliphatic carboxylic acids is 1. The monoisotopic (exact) mass is 341 g/mol. The molecule has 0 aliphatic heterocycles. The molecule has 1 aromatic rings. The lowest BCUT2D eigenvalue weighted by Crippen LogP contribution is -2.33. The summed E-state index contributed by atoms with van der Waals surface area (Å²) in [5.41, 5.74) is 0.110. The molecule has 1 rings (SSSR count). The van der Waals surface area contributed by atoms with Gasteiger partial charge in [-0.1, -0.05) is 23.2 Å². The van der Waals surface area contributed by atoms with Gasteiger partial charge in [0.1, 0.15) is 11.7 Å². The van der Waals surface area contributed by atoms with E-state index in [2.05, 4.69) is 10.1 Å². The topological polar surface area (TPSA) is 75.6 Å². The van der Waals surface area contributed by atoms with E-state index in [9.17, 15) is 18.4 Å². The van der Waals surface area contributed by atoms with Gasteiger partial charge < -0.3 is 15.2 Å². The second-order valence-corrected chi connectivity index (χ2v) is 4.88. The number of benzene rings is 1. The van der Waals surface area contributed by atoms with Crippen molar-refractivity contribution in [3.8, 4) is 5.75 Å². The first kappa shape index (κ1) is 17.5. The summed E-state index contributed by atoms with van der Waals surface area (Å²) in [6, 6.07) is 2.50. The van der Waals surface area contributed by atoms with Gasteiger partial charge >= 0.3 is 12.6 Å². The lowest BCUT2D eigenvalue weighted by molar-refractivity contribution is -0.146. The van der Waals surface area contributed by atoms with Gasteiger partial charge in [0.2, 0.25) is 5.91 Å². The van der Waals surface area contributed by atoms with Crippen LogP contribution in [0.4, 0.5) is 8.78 Å². The van der Waals surface area contributed by atoms with E-state index >= 15 is 0 Å². The third-order valence-corrected chi connectivity index (χ3v) is 3.01. The van der Waals surface area contributed by atoms with Gasteiger partial charge in [0.05, 0.1) is 5.02 Å². The number of ether oxygens (including phenoxy) is 1. The van der Waals surface area contributed by atoms with E-state index in [0.717, 1.165) is 0 Å². The van der Waals surface area contributed by atoms with Crippen LogP contribution in [0.1, 0.15) is 12.5 Å². The predicted molar refractivity (Wildman–Crippen MR) is 71.7 cm³/mol. The van der Waals surface area contributed by atoms with Crippen LogP contribution in [0.3, 0.4) is 0 Å². The fourth-order valence-electron chi connectivity index (χ4n) is 1.41. The second-order valence-electron chi connectivity index (χ2n) is 4.03. The van der Waals surface area contributed by atoms with Crippen LogP contribution in [-0.2, 0) is 16.1 Å². The van der Waals surface area contributed by atoms with Gasteiger partial charge in [-0.3, -0.25) is 9.59 Å². The number of amides is 1. The Labute approximate surface area is 128 Å². The Morgan fingerprint density at radius 2 is 2.00 bits per heavy atom. The third kappa shape index (κ3) is 5.02. The second kappa shape index (κ2) is 7.42. The molecule has 0 saturated carbocycles. The molecule has 0 saturated heterocycles. The molecule has 9 heteroatoms. The Kier molecular flexibility index (Phi) is 6.17. The van der Waals surface area contributed by atoms with E-state index in [1.54, 1.807) is 0 Å². The zero-order chi connectivity index (χ0) is 16.2. The molecular formula is C12H11Cl2F2NO4. The van der Waals surface area contributed by atoms with Crippen molar-refractivity contribution in [2.75, 3.05) is 0 Å². The predicted octanol–water partition coefficient (Wildman–Crippen LogP) is 2.93. The third-order valence-electron chi connectivity index (χ3n) is 2.51. The van der Waals surface area contributed by atoms with Gasteiger partial charge in [-0.15, -0.1) is 0 Å². The summed E-state index contributed by atoms with van der Waals surface area (Å²) >= 11 is 11.5. The molecule has 1 amide bonds. The highest BCUT2D eigenvalue weighted by Gasteiger charge is 2.21. The number of carboxylic acid groups (broad SMARTS) is 1. The maximum atomic E-state index is 12.3. The van der Waals surface area contributed by atoms with Crippen molar-refractivity contribution in [3.63, 3.8) is 0 Å². The molecular weight excluding hydrogens is 331 g/mol. The van der Waals surface area contributed by atoms with Crippen molar-refractivity contribution in [2.45, 2.75) is 20.1 Å². The van der Waals surface area contributed by atoms with E-state index in [1.807, 2.05) is 0 Å². The molecule has 0 heterocycles. The van der Waals surface area contributed by atoms with Gasteiger partial charge in [-0.05, 0) is 19.1 Å². The number of rotatable bonds is 6. The first-order valence-corrected chi connectivity index (χ1v) is 6.41. The molecule has 0 bridgehead atoms. The van der Waals surface area contributed by atoms with E-state index in [-0.39, 0.29) is 27.9 Å². The first-order chi connectivity index (χ1) is 9.72. The average molecular weight is 342 g/mol. The largest absolute Gasteiger partial charge is 0.481 e. The maximum absolute atomic E-state index is 12.3. The van der Waals surface area contributed by atoms with Crippen LogP contribution in [0.15, 0.2) is 12.1 Å². The van der Waals surface area contributed by atoms with Crippen LogP contribution in [-0.4, -0.2) is 23.6 Å². The number of hydrogen-bond acceptors (Lipinski definition) is 3. The highest BCUT2D eigenvalue weighted by atomic mass is 35.5. The average Bonchev–Trinajstić information content (AvgIpc) is 2.37. The van der Waals surface area contributed by atoms with Crippen molar-refractivity contribution in [3.05, 3.63) is 27.7 Å². The summed E-state index contributed by atoms with van der Waals surface area (Å²) in [6.45, 7) is -2.16. The molecule has 0 spiro atoms. The molecule has 0 aromatic heterocycles. The summed E-state index contributed by atoms with van der Waals surface area (Å²) in [6.07, 6.45) is 0. The van der Waals surface area contributed by atoms with Crippen molar-refractivity contribution in [2.24, 2.45) is 5.92 Å². The van der Waals surface area contributed by atoms with Crippen molar-refractivity contribution >= 4 is 35.1 Å². The lowest BCUT2D eigenvalue weighted by atomic mass is 10.1. The molecule has 1 atom stereocenters. The normalized spacial score (nSPS) is 12.1. The smallest absolute Gasteiger partial charge is 0.387 e. The number of alkyl halides is 2. The van der Waals surface area contributed by atoms with Gasteiger partial charge in [0.25, 0.3) is 0 Å². The van der Waals surface area contributed by atoms with Gasteiger partial charge in [0.15, 0.2) is 0 Å². The van der Waals surface area contributed by atoms with Gasteiger partial charge in [-0.25, -0.2) is 0 Å². The Hall–Kier alpha value is -1.60. The molecule has 1 aromatic carbocycles. The number of hydrogen-bond donors (Lipinski definition) is 2. The van der Waals surface area contributed by atoms with Crippen LogP contribution in [0, 0.1) is 5.92 Å². The van der Waals surface area contributed by atoms with Gasteiger partial charge in [0, 0.05) is 17.1 Å². The molecule has 21 heavy (non-hydrogen) atoms. The molecule has 1 unspecified atom stereocenters. The molecule has 0 radical (unpaired) electrons. The highest BCUT2D eigenvalue weighted by molar-refractivity contribution is 6.35. The molecule has 0 aliphatic rings. The molecule has 5 nitrogen and oxygen atoms in total. The van der Waals surface area contributed by atoms with E-state index in [1.165, 1.54) is 19.1 Å². The van der Waals surface area contributed by atoms with Crippen LogP contribution >= 0.6 is 23.2 Å². The van der Waals surface area contributed by atoms with Crippen LogP contribution < -0.4 is 10.1 Å². The fraction of sp³-hybridized carbons (Fsp3) is 0.333. The van der Waals surface area contributed by atoms with Crippen LogP contribution in [0.5, 0.6) is 5.75 Å². The number of carbonyl (C=O) groups is 2. The summed E-state index contributed by atoms with van der Waals surface area (Å²) < 4.78 is 28.9. The minimum atomic E-state index is -3.10. The quantitative estimate of drug-likeness (QED) is 0.780.